The topological polar surface area (TPSA) is 58.8 Å². The van der Waals surface area contributed by atoms with Gasteiger partial charge >= 0.3 is 0 Å². The molecule has 0 spiro atoms. The number of nitrogens with zero attached hydrogens (tertiary/aromatic N) is 3. The van der Waals surface area contributed by atoms with Gasteiger partial charge in [-0.25, -0.2) is 4.98 Å². The van der Waals surface area contributed by atoms with Gasteiger partial charge in [0.1, 0.15) is 11.6 Å². The van der Waals surface area contributed by atoms with Crippen LogP contribution in [0.25, 0.3) is 11.1 Å². The SMILES string of the molecule is CCOc1cccc(-c2ccc(N3CCN(C(=O)c4ccco4)CC3)nc2)c1. The van der Waals surface area contributed by atoms with Crippen molar-refractivity contribution in [3.8, 4) is 16.9 Å². The molecule has 1 saturated heterocycles. The van der Waals surface area contributed by atoms with Crippen LogP contribution < -0.4 is 9.64 Å². The average molecular weight is 377 g/mol. The van der Waals surface area contributed by atoms with E-state index in [9.17, 15) is 4.79 Å². The number of carbonyl (C=O) groups is 1. The second-order valence-corrected chi connectivity index (χ2v) is 6.62. The number of hydrogen-bond acceptors (Lipinski definition) is 5. The van der Waals surface area contributed by atoms with E-state index in [0.29, 0.717) is 25.5 Å². The molecule has 0 aliphatic carbocycles. The lowest BCUT2D eigenvalue weighted by atomic mass is 10.1. The Morgan fingerprint density at radius 3 is 2.61 bits per heavy atom. The fourth-order valence-corrected chi connectivity index (χ4v) is 3.37. The summed E-state index contributed by atoms with van der Waals surface area (Å²) >= 11 is 0. The van der Waals surface area contributed by atoms with Crippen molar-refractivity contribution in [2.75, 3.05) is 37.7 Å². The molecule has 4 rings (SSSR count). The largest absolute Gasteiger partial charge is 0.494 e. The summed E-state index contributed by atoms with van der Waals surface area (Å²) in [6.07, 6.45) is 3.42. The Labute approximate surface area is 164 Å². The molecule has 0 atom stereocenters. The Hall–Kier alpha value is -3.28. The minimum absolute atomic E-state index is 0.0536. The zero-order chi connectivity index (χ0) is 19.3. The highest BCUT2D eigenvalue weighted by Crippen LogP contribution is 2.25. The second-order valence-electron chi connectivity index (χ2n) is 6.62. The average Bonchev–Trinajstić information content (AvgIpc) is 3.29. The molecule has 3 heterocycles. The summed E-state index contributed by atoms with van der Waals surface area (Å²) in [6, 6.07) is 15.6. The first kappa shape index (κ1) is 18.1. The molecule has 1 aliphatic heterocycles. The number of carbonyl (C=O) groups excluding carboxylic acids is 1. The Morgan fingerprint density at radius 1 is 1.07 bits per heavy atom. The summed E-state index contributed by atoms with van der Waals surface area (Å²) in [6.45, 7) is 5.43. The number of aromatic nitrogens is 1. The Bertz CT molecular complexity index is 914. The van der Waals surface area contributed by atoms with Crippen molar-refractivity contribution in [2.24, 2.45) is 0 Å². The van der Waals surface area contributed by atoms with Gasteiger partial charge in [0.15, 0.2) is 5.76 Å². The predicted molar refractivity (Wildman–Crippen MR) is 108 cm³/mol. The number of amides is 1. The van der Waals surface area contributed by atoms with E-state index in [2.05, 4.69) is 22.0 Å². The third kappa shape index (κ3) is 3.86. The van der Waals surface area contributed by atoms with E-state index in [1.165, 1.54) is 6.26 Å². The smallest absolute Gasteiger partial charge is 0.289 e. The summed E-state index contributed by atoms with van der Waals surface area (Å²) in [7, 11) is 0. The maximum atomic E-state index is 12.4. The van der Waals surface area contributed by atoms with Gasteiger partial charge in [-0.15, -0.1) is 0 Å². The molecule has 28 heavy (non-hydrogen) atoms. The molecule has 3 aromatic rings. The molecule has 1 amide bonds. The summed E-state index contributed by atoms with van der Waals surface area (Å²) in [5, 5.41) is 0. The number of hydrogen-bond donors (Lipinski definition) is 0. The Morgan fingerprint density at radius 2 is 1.93 bits per heavy atom. The Kier molecular flexibility index (Phi) is 5.28. The predicted octanol–water partition coefficient (Wildman–Crippen LogP) is 3.70. The molecule has 2 aromatic heterocycles. The lowest BCUT2D eigenvalue weighted by Crippen LogP contribution is -2.49. The van der Waals surface area contributed by atoms with Crippen molar-refractivity contribution in [1.82, 2.24) is 9.88 Å². The number of furan rings is 1. The van der Waals surface area contributed by atoms with Crippen LogP contribution in [0, 0.1) is 0 Å². The van der Waals surface area contributed by atoms with Crippen molar-refractivity contribution in [3.63, 3.8) is 0 Å². The molecule has 144 valence electrons. The minimum atomic E-state index is -0.0536. The monoisotopic (exact) mass is 377 g/mol. The molecular formula is C22H23N3O3. The van der Waals surface area contributed by atoms with Gasteiger partial charge in [0.2, 0.25) is 0 Å². The first-order valence-corrected chi connectivity index (χ1v) is 9.51. The van der Waals surface area contributed by atoms with Crippen molar-refractivity contribution in [2.45, 2.75) is 6.92 Å². The van der Waals surface area contributed by atoms with Crippen LogP contribution in [0.15, 0.2) is 65.4 Å². The number of ether oxygens (including phenoxy) is 1. The molecule has 0 N–H and O–H groups in total. The first-order valence-electron chi connectivity index (χ1n) is 9.51. The molecule has 0 bridgehead atoms. The normalized spacial score (nSPS) is 14.2. The van der Waals surface area contributed by atoms with E-state index in [0.717, 1.165) is 35.8 Å². The number of piperazine rings is 1. The summed E-state index contributed by atoms with van der Waals surface area (Å²) in [4.78, 5) is 21.0. The Balaban J connectivity index is 1.40. The summed E-state index contributed by atoms with van der Waals surface area (Å²) < 4.78 is 10.8. The van der Waals surface area contributed by atoms with Crippen molar-refractivity contribution < 1.29 is 13.9 Å². The van der Waals surface area contributed by atoms with E-state index in [1.54, 1.807) is 12.1 Å². The van der Waals surface area contributed by atoms with Crippen LogP contribution in [0.5, 0.6) is 5.75 Å². The van der Waals surface area contributed by atoms with Gasteiger partial charge in [0.05, 0.1) is 12.9 Å². The van der Waals surface area contributed by atoms with Crippen molar-refractivity contribution >= 4 is 11.7 Å². The fourth-order valence-electron chi connectivity index (χ4n) is 3.37. The highest BCUT2D eigenvalue weighted by molar-refractivity contribution is 5.91. The number of rotatable bonds is 5. The van der Waals surface area contributed by atoms with E-state index in [-0.39, 0.29) is 5.91 Å². The number of benzene rings is 1. The van der Waals surface area contributed by atoms with Crippen LogP contribution in [-0.4, -0.2) is 48.6 Å². The molecule has 0 radical (unpaired) electrons. The molecule has 1 aliphatic rings. The standard InChI is InChI=1S/C22H23N3O3/c1-2-27-19-6-3-5-17(15-19)18-8-9-21(23-16-18)24-10-12-25(13-11-24)22(26)20-7-4-14-28-20/h3-9,14-16H,2,10-13H2,1H3. The molecule has 1 aromatic carbocycles. The van der Waals surface area contributed by atoms with Crippen molar-refractivity contribution in [1.29, 1.82) is 0 Å². The summed E-state index contributed by atoms with van der Waals surface area (Å²) in [5.41, 5.74) is 2.13. The lowest BCUT2D eigenvalue weighted by Gasteiger charge is -2.35. The fraction of sp³-hybridized carbons (Fsp3) is 0.273. The van der Waals surface area contributed by atoms with Crippen LogP contribution in [-0.2, 0) is 0 Å². The maximum absolute atomic E-state index is 12.4. The van der Waals surface area contributed by atoms with Gasteiger partial charge in [-0.3, -0.25) is 4.79 Å². The molecule has 0 unspecified atom stereocenters. The molecule has 1 fully saturated rings. The van der Waals surface area contributed by atoms with Crippen LogP contribution >= 0.6 is 0 Å². The van der Waals surface area contributed by atoms with Crippen LogP contribution in [0.1, 0.15) is 17.5 Å². The molecular weight excluding hydrogens is 354 g/mol. The highest BCUT2D eigenvalue weighted by Gasteiger charge is 2.24. The second kappa shape index (κ2) is 8.17. The number of anilines is 1. The zero-order valence-corrected chi connectivity index (χ0v) is 15.9. The lowest BCUT2D eigenvalue weighted by molar-refractivity contribution is 0.0714. The van der Waals surface area contributed by atoms with Gasteiger partial charge in [0, 0.05) is 37.9 Å². The van der Waals surface area contributed by atoms with E-state index < -0.39 is 0 Å². The molecule has 6 nitrogen and oxygen atoms in total. The first-order chi connectivity index (χ1) is 13.7. The maximum Gasteiger partial charge on any atom is 0.289 e. The van der Waals surface area contributed by atoms with Crippen LogP contribution in [0.4, 0.5) is 5.82 Å². The van der Waals surface area contributed by atoms with Crippen LogP contribution in [0.3, 0.4) is 0 Å². The summed E-state index contributed by atoms with van der Waals surface area (Å²) in [5.74, 6) is 2.13. The van der Waals surface area contributed by atoms with Gasteiger partial charge in [-0.1, -0.05) is 12.1 Å². The molecule has 0 saturated carbocycles. The van der Waals surface area contributed by atoms with E-state index >= 15 is 0 Å². The van der Waals surface area contributed by atoms with Crippen LogP contribution in [0.2, 0.25) is 0 Å². The molecule has 6 heteroatoms. The quantitative estimate of drug-likeness (QED) is 0.678. The minimum Gasteiger partial charge on any atom is -0.494 e. The third-order valence-electron chi connectivity index (χ3n) is 4.85. The zero-order valence-electron chi connectivity index (χ0n) is 15.9. The van der Waals surface area contributed by atoms with Gasteiger partial charge in [-0.2, -0.15) is 0 Å². The van der Waals surface area contributed by atoms with Gasteiger partial charge in [-0.05, 0) is 48.9 Å². The van der Waals surface area contributed by atoms with Gasteiger partial charge in [0.25, 0.3) is 5.91 Å². The van der Waals surface area contributed by atoms with E-state index in [4.69, 9.17) is 9.15 Å². The third-order valence-corrected chi connectivity index (χ3v) is 4.85. The number of pyridine rings is 1. The van der Waals surface area contributed by atoms with Crippen molar-refractivity contribution in [3.05, 3.63) is 66.8 Å². The van der Waals surface area contributed by atoms with Gasteiger partial charge < -0.3 is 19.0 Å². The van der Waals surface area contributed by atoms with E-state index in [1.807, 2.05) is 42.3 Å². The highest BCUT2D eigenvalue weighted by atomic mass is 16.5.